The summed E-state index contributed by atoms with van der Waals surface area (Å²) >= 11 is 0. The van der Waals surface area contributed by atoms with Crippen molar-refractivity contribution < 1.29 is 19.8 Å². The van der Waals surface area contributed by atoms with E-state index in [0.717, 1.165) is 0 Å². The van der Waals surface area contributed by atoms with Crippen LogP contribution in [0.3, 0.4) is 0 Å². The zero-order chi connectivity index (χ0) is 12.9. The van der Waals surface area contributed by atoms with Gasteiger partial charge in [-0.05, 0) is 27.7 Å². The normalized spacial score (nSPS) is 14.8. The Morgan fingerprint density at radius 1 is 0.812 bits per heavy atom. The highest BCUT2D eigenvalue weighted by Crippen LogP contribution is 1.96. The summed E-state index contributed by atoms with van der Waals surface area (Å²) in [7, 11) is 0. The lowest BCUT2D eigenvalue weighted by Gasteiger charge is -2.19. The first-order chi connectivity index (χ1) is 7.25. The highest BCUT2D eigenvalue weighted by Gasteiger charge is 2.30. The van der Waals surface area contributed by atoms with E-state index in [2.05, 4.69) is 10.6 Å². The molecule has 0 unspecified atom stereocenters. The molecule has 0 rings (SSSR count). The van der Waals surface area contributed by atoms with Crippen LogP contribution in [0.2, 0.25) is 0 Å². The van der Waals surface area contributed by atoms with Gasteiger partial charge in [0.15, 0.2) is 12.2 Å². The Bertz CT molecular complexity index is 227. The summed E-state index contributed by atoms with van der Waals surface area (Å²) in [5.74, 6) is -1.53. The van der Waals surface area contributed by atoms with Crippen LogP contribution in [0.5, 0.6) is 0 Å². The molecular weight excluding hydrogens is 212 g/mol. The van der Waals surface area contributed by atoms with Gasteiger partial charge in [-0.2, -0.15) is 0 Å². The number of rotatable bonds is 5. The molecule has 0 aromatic rings. The van der Waals surface area contributed by atoms with Crippen LogP contribution in [0.1, 0.15) is 27.7 Å². The Morgan fingerprint density at radius 3 is 1.25 bits per heavy atom. The number of nitrogens with one attached hydrogen (secondary N) is 2. The summed E-state index contributed by atoms with van der Waals surface area (Å²) in [5, 5.41) is 23.6. The van der Waals surface area contributed by atoms with Gasteiger partial charge in [-0.3, -0.25) is 9.59 Å². The summed E-state index contributed by atoms with van der Waals surface area (Å²) in [5.41, 5.74) is 0. The molecule has 6 heteroatoms. The molecule has 0 aromatic heterocycles. The summed E-state index contributed by atoms with van der Waals surface area (Å²) < 4.78 is 0. The SMILES string of the molecule is CC(C)NC(=O)[C@@H](O)[C@@H](O)C(=O)NC(C)C. The van der Waals surface area contributed by atoms with Crippen molar-refractivity contribution in [1.82, 2.24) is 10.6 Å². The van der Waals surface area contributed by atoms with E-state index < -0.39 is 24.0 Å². The Hall–Kier alpha value is -1.14. The molecule has 6 nitrogen and oxygen atoms in total. The molecule has 0 saturated carbocycles. The van der Waals surface area contributed by atoms with E-state index in [1.807, 2.05) is 0 Å². The Balaban J connectivity index is 4.31. The van der Waals surface area contributed by atoms with E-state index in [1.165, 1.54) is 0 Å². The van der Waals surface area contributed by atoms with Crippen molar-refractivity contribution in [1.29, 1.82) is 0 Å². The molecule has 0 bridgehead atoms. The zero-order valence-corrected chi connectivity index (χ0v) is 10.0. The second kappa shape index (κ2) is 6.44. The second-order valence-electron chi connectivity index (χ2n) is 4.22. The third kappa shape index (κ3) is 5.09. The molecular formula is C10H20N2O4. The zero-order valence-electron chi connectivity index (χ0n) is 10.0. The molecule has 0 aromatic carbocycles. The maximum Gasteiger partial charge on any atom is 0.252 e. The van der Waals surface area contributed by atoms with Gasteiger partial charge in [0, 0.05) is 12.1 Å². The summed E-state index contributed by atoms with van der Waals surface area (Å²) in [6, 6.07) is -0.329. The van der Waals surface area contributed by atoms with Gasteiger partial charge < -0.3 is 20.8 Å². The quantitative estimate of drug-likeness (QED) is 0.476. The molecule has 0 aliphatic carbocycles. The molecule has 2 amide bonds. The summed E-state index contributed by atoms with van der Waals surface area (Å²) in [6.07, 6.45) is -3.50. The first-order valence-corrected chi connectivity index (χ1v) is 5.22. The van der Waals surface area contributed by atoms with Gasteiger partial charge in [0.1, 0.15) is 0 Å². The van der Waals surface area contributed by atoms with Crippen LogP contribution in [0, 0.1) is 0 Å². The molecule has 2 atom stereocenters. The van der Waals surface area contributed by atoms with Gasteiger partial charge in [-0.1, -0.05) is 0 Å². The minimum atomic E-state index is -1.75. The van der Waals surface area contributed by atoms with Crippen molar-refractivity contribution in [2.24, 2.45) is 0 Å². The van der Waals surface area contributed by atoms with Gasteiger partial charge in [-0.15, -0.1) is 0 Å². The van der Waals surface area contributed by atoms with Crippen molar-refractivity contribution >= 4 is 11.8 Å². The fourth-order valence-electron chi connectivity index (χ4n) is 1.03. The highest BCUT2D eigenvalue weighted by atomic mass is 16.3. The number of carbonyl (C=O) groups excluding carboxylic acids is 2. The van der Waals surface area contributed by atoms with Crippen LogP contribution in [-0.4, -0.2) is 46.3 Å². The Morgan fingerprint density at radius 2 is 1.06 bits per heavy atom. The molecule has 0 saturated heterocycles. The van der Waals surface area contributed by atoms with Crippen molar-refractivity contribution in [2.75, 3.05) is 0 Å². The maximum absolute atomic E-state index is 11.3. The van der Waals surface area contributed by atoms with E-state index in [4.69, 9.17) is 0 Å². The first-order valence-electron chi connectivity index (χ1n) is 5.22. The Labute approximate surface area is 95.0 Å². The molecule has 16 heavy (non-hydrogen) atoms. The molecule has 4 N–H and O–H groups in total. The minimum absolute atomic E-state index is 0.164. The summed E-state index contributed by atoms with van der Waals surface area (Å²) in [6.45, 7) is 6.85. The predicted octanol–water partition coefficient (Wildman–Crippen LogP) is -1.24. The summed E-state index contributed by atoms with van der Waals surface area (Å²) in [4.78, 5) is 22.6. The van der Waals surface area contributed by atoms with Crippen molar-refractivity contribution in [2.45, 2.75) is 52.0 Å². The van der Waals surface area contributed by atoms with E-state index in [9.17, 15) is 19.8 Å². The molecule has 0 fully saturated rings. The third-order valence-corrected chi connectivity index (χ3v) is 1.70. The van der Waals surface area contributed by atoms with Crippen LogP contribution in [0.15, 0.2) is 0 Å². The van der Waals surface area contributed by atoms with Crippen LogP contribution >= 0.6 is 0 Å². The van der Waals surface area contributed by atoms with E-state index in [0.29, 0.717) is 0 Å². The first kappa shape index (κ1) is 14.9. The average molecular weight is 232 g/mol. The minimum Gasteiger partial charge on any atom is -0.380 e. The fraction of sp³-hybridized carbons (Fsp3) is 0.800. The molecule has 0 heterocycles. The van der Waals surface area contributed by atoms with Gasteiger partial charge in [-0.25, -0.2) is 0 Å². The largest absolute Gasteiger partial charge is 0.380 e. The number of carbonyl (C=O) groups is 2. The van der Waals surface area contributed by atoms with Crippen molar-refractivity contribution in [3.05, 3.63) is 0 Å². The average Bonchev–Trinajstić information content (AvgIpc) is 2.13. The second-order valence-corrected chi connectivity index (χ2v) is 4.22. The predicted molar refractivity (Wildman–Crippen MR) is 58.6 cm³/mol. The molecule has 0 aliphatic heterocycles. The number of hydrogen-bond donors (Lipinski definition) is 4. The topological polar surface area (TPSA) is 98.7 Å². The Kier molecular flexibility index (Phi) is 5.98. The number of hydrogen-bond acceptors (Lipinski definition) is 4. The third-order valence-electron chi connectivity index (χ3n) is 1.70. The van der Waals surface area contributed by atoms with E-state index in [-0.39, 0.29) is 12.1 Å². The van der Waals surface area contributed by atoms with Crippen LogP contribution in [0.25, 0.3) is 0 Å². The van der Waals surface area contributed by atoms with Gasteiger partial charge in [0.25, 0.3) is 11.8 Å². The molecule has 94 valence electrons. The highest BCUT2D eigenvalue weighted by molar-refractivity contribution is 5.90. The smallest absolute Gasteiger partial charge is 0.252 e. The standard InChI is InChI=1S/C10H20N2O4/c1-5(2)11-9(15)7(13)8(14)10(16)12-6(3)4/h5-8,13-14H,1-4H3,(H,11,15)(H,12,16)/t7-,8+. The maximum atomic E-state index is 11.3. The van der Waals surface area contributed by atoms with Crippen LogP contribution in [-0.2, 0) is 9.59 Å². The van der Waals surface area contributed by atoms with Crippen LogP contribution in [0.4, 0.5) is 0 Å². The van der Waals surface area contributed by atoms with Crippen molar-refractivity contribution in [3.8, 4) is 0 Å². The molecule has 0 radical (unpaired) electrons. The number of amides is 2. The van der Waals surface area contributed by atoms with Crippen molar-refractivity contribution in [3.63, 3.8) is 0 Å². The number of aliphatic hydroxyl groups excluding tert-OH is 2. The van der Waals surface area contributed by atoms with Gasteiger partial charge in [0.05, 0.1) is 0 Å². The number of aliphatic hydroxyl groups is 2. The fourth-order valence-corrected chi connectivity index (χ4v) is 1.03. The lowest BCUT2D eigenvalue weighted by Crippen LogP contribution is -2.51. The lowest BCUT2D eigenvalue weighted by atomic mass is 10.1. The monoisotopic (exact) mass is 232 g/mol. The van der Waals surface area contributed by atoms with Crippen LogP contribution < -0.4 is 10.6 Å². The van der Waals surface area contributed by atoms with Gasteiger partial charge in [0.2, 0.25) is 0 Å². The van der Waals surface area contributed by atoms with Gasteiger partial charge >= 0.3 is 0 Å². The lowest BCUT2D eigenvalue weighted by molar-refractivity contribution is -0.146. The molecule has 0 aliphatic rings. The molecule has 0 spiro atoms. The van der Waals surface area contributed by atoms with E-state index in [1.54, 1.807) is 27.7 Å². The van der Waals surface area contributed by atoms with E-state index >= 15 is 0 Å².